The van der Waals surface area contributed by atoms with E-state index < -0.39 is 0 Å². The van der Waals surface area contributed by atoms with E-state index >= 15 is 0 Å². The molecule has 148 valence electrons. The largest absolute Gasteiger partial charge is 0.352 e. The Hall–Kier alpha value is -2.73. The van der Waals surface area contributed by atoms with Crippen LogP contribution in [0.4, 0.5) is 10.3 Å². The van der Waals surface area contributed by atoms with Gasteiger partial charge in [-0.05, 0) is 60.6 Å². The standard InChI is InChI=1S/C22H20ClFN4O/c23-16-5-1-14(2-6-16)12-28-13-25-20(27-21(28)29)26-19-9-10-22(11-18(19)22)15-3-7-17(24)8-4-15/h1-8,13,18-19H,9-12H2,(H,26,27,29). The molecule has 2 aliphatic carbocycles. The molecule has 0 spiro atoms. The van der Waals surface area contributed by atoms with Crippen molar-refractivity contribution in [2.45, 2.75) is 37.3 Å². The first-order valence-electron chi connectivity index (χ1n) is 9.74. The number of hydrogen-bond donors (Lipinski definition) is 1. The Balaban J connectivity index is 1.27. The Kier molecular flexibility index (Phi) is 4.39. The van der Waals surface area contributed by atoms with Crippen LogP contribution in [-0.4, -0.2) is 20.6 Å². The summed E-state index contributed by atoms with van der Waals surface area (Å²) in [5, 5.41) is 4.01. The predicted octanol–water partition coefficient (Wildman–Crippen LogP) is 4.01. The summed E-state index contributed by atoms with van der Waals surface area (Å²) in [7, 11) is 0. The number of rotatable bonds is 5. The molecule has 3 atom stereocenters. The first-order chi connectivity index (χ1) is 14.0. The van der Waals surface area contributed by atoms with Crippen LogP contribution >= 0.6 is 11.6 Å². The summed E-state index contributed by atoms with van der Waals surface area (Å²) < 4.78 is 14.7. The smallest absolute Gasteiger partial charge is 0.351 e. The minimum atomic E-state index is -0.337. The molecule has 29 heavy (non-hydrogen) atoms. The molecule has 1 heterocycles. The van der Waals surface area contributed by atoms with E-state index in [1.54, 1.807) is 12.1 Å². The van der Waals surface area contributed by atoms with Crippen molar-refractivity contribution in [3.05, 3.63) is 87.3 Å². The molecule has 0 saturated heterocycles. The first kappa shape index (κ1) is 18.3. The zero-order valence-corrected chi connectivity index (χ0v) is 16.4. The van der Waals surface area contributed by atoms with Gasteiger partial charge in [0.2, 0.25) is 5.95 Å². The van der Waals surface area contributed by atoms with Crippen molar-refractivity contribution in [1.29, 1.82) is 0 Å². The van der Waals surface area contributed by atoms with E-state index in [9.17, 15) is 9.18 Å². The average molecular weight is 411 g/mol. The summed E-state index contributed by atoms with van der Waals surface area (Å²) in [5.74, 6) is 0.629. The molecular weight excluding hydrogens is 391 g/mol. The topological polar surface area (TPSA) is 59.8 Å². The highest BCUT2D eigenvalue weighted by Gasteiger charge is 2.62. The molecule has 3 unspecified atom stereocenters. The second-order valence-corrected chi connectivity index (χ2v) is 8.42. The molecule has 1 aromatic heterocycles. The lowest BCUT2D eigenvalue weighted by atomic mass is 9.93. The van der Waals surface area contributed by atoms with Gasteiger partial charge in [-0.25, -0.2) is 14.2 Å². The van der Waals surface area contributed by atoms with Crippen molar-refractivity contribution < 1.29 is 4.39 Å². The number of anilines is 1. The highest BCUT2D eigenvalue weighted by Crippen LogP contribution is 2.64. The molecule has 7 heteroatoms. The monoisotopic (exact) mass is 410 g/mol. The van der Waals surface area contributed by atoms with Crippen molar-refractivity contribution in [1.82, 2.24) is 14.5 Å². The maximum atomic E-state index is 13.2. The van der Waals surface area contributed by atoms with E-state index in [-0.39, 0.29) is 23.0 Å². The van der Waals surface area contributed by atoms with Gasteiger partial charge in [0, 0.05) is 16.5 Å². The molecule has 0 aliphatic heterocycles. The number of halogens is 2. The minimum absolute atomic E-state index is 0.134. The molecule has 0 radical (unpaired) electrons. The van der Waals surface area contributed by atoms with Gasteiger partial charge in [0.25, 0.3) is 0 Å². The Labute approximate surface area is 172 Å². The molecule has 1 N–H and O–H groups in total. The van der Waals surface area contributed by atoms with E-state index in [1.807, 2.05) is 24.3 Å². The number of benzene rings is 2. The number of nitrogens with zero attached hydrogens (tertiary/aromatic N) is 3. The third-order valence-electron chi connectivity index (χ3n) is 6.29. The highest BCUT2D eigenvalue weighted by atomic mass is 35.5. The van der Waals surface area contributed by atoms with Crippen LogP contribution in [-0.2, 0) is 12.0 Å². The third-order valence-corrected chi connectivity index (χ3v) is 6.54. The molecule has 2 fully saturated rings. The average Bonchev–Trinajstić information content (AvgIpc) is 3.36. The summed E-state index contributed by atoms with van der Waals surface area (Å²) in [4.78, 5) is 20.9. The molecule has 5 nitrogen and oxygen atoms in total. The Morgan fingerprint density at radius 1 is 1.17 bits per heavy atom. The van der Waals surface area contributed by atoms with Gasteiger partial charge in [0.15, 0.2) is 0 Å². The summed E-state index contributed by atoms with van der Waals surface area (Å²) in [6.45, 7) is 0.399. The van der Waals surface area contributed by atoms with Gasteiger partial charge in [0.1, 0.15) is 12.1 Å². The fraction of sp³-hybridized carbons (Fsp3) is 0.318. The minimum Gasteiger partial charge on any atom is -0.351 e. The van der Waals surface area contributed by atoms with Gasteiger partial charge in [-0.2, -0.15) is 4.98 Å². The van der Waals surface area contributed by atoms with E-state index in [0.717, 1.165) is 24.8 Å². The van der Waals surface area contributed by atoms with Gasteiger partial charge in [-0.15, -0.1) is 0 Å². The molecule has 2 saturated carbocycles. The molecular formula is C22H20ClFN4O. The Morgan fingerprint density at radius 3 is 2.62 bits per heavy atom. The first-order valence-corrected chi connectivity index (χ1v) is 10.1. The number of hydrogen-bond acceptors (Lipinski definition) is 4. The fourth-order valence-corrected chi connectivity index (χ4v) is 4.81. The van der Waals surface area contributed by atoms with Gasteiger partial charge < -0.3 is 5.32 Å². The second kappa shape index (κ2) is 6.95. The van der Waals surface area contributed by atoms with Gasteiger partial charge in [-0.3, -0.25) is 4.57 Å². The molecule has 0 bridgehead atoms. The SMILES string of the molecule is O=c1nc(NC2CCC3(c4ccc(F)cc4)CC23)ncn1Cc1ccc(Cl)cc1. The van der Waals surface area contributed by atoms with Crippen molar-refractivity contribution in [3.63, 3.8) is 0 Å². The maximum Gasteiger partial charge on any atom is 0.352 e. The molecule has 2 aromatic carbocycles. The molecule has 2 aliphatic rings. The maximum absolute atomic E-state index is 13.2. The zero-order chi connectivity index (χ0) is 20.0. The second-order valence-electron chi connectivity index (χ2n) is 7.98. The molecule has 3 aromatic rings. The van der Waals surface area contributed by atoms with Crippen molar-refractivity contribution in [3.8, 4) is 0 Å². The van der Waals surface area contributed by atoms with Crippen LogP contribution in [0.2, 0.25) is 5.02 Å². The van der Waals surface area contributed by atoms with Crippen molar-refractivity contribution >= 4 is 17.5 Å². The highest BCUT2D eigenvalue weighted by molar-refractivity contribution is 6.30. The van der Waals surface area contributed by atoms with Crippen molar-refractivity contribution in [2.24, 2.45) is 5.92 Å². The summed E-state index contributed by atoms with van der Waals surface area (Å²) in [6, 6.07) is 14.4. The zero-order valence-electron chi connectivity index (χ0n) is 15.7. The van der Waals surface area contributed by atoms with Crippen LogP contribution in [0.25, 0.3) is 0 Å². The normalized spacial score (nSPS) is 24.9. The van der Waals surface area contributed by atoms with Crippen LogP contribution in [0.15, 0.2) is 59.7 Å². The van der Waals surface area contributed by atoms with Crippen LogP contribution in [0.3, 0.4) is 0 Å². The van der Waals surface area contributed by atoms with Crippen LogP contribution in [0, 0.1) is 11.7 Å². The number of nitrogens with one attached hydrogen (secondary N) is 1. The van der Waals surface area contributed by atoms with Crippen LogP contribution < -0.4 is 11.0 Å². The third kappa shape index (κ3) is 3.42. The van der Waals surface area contributed by atoms with Crippen LogP contribution in [0.5, 0.6) is 0 Å². The Bertz CT molecular complexity index is 1100. The van der Waals surface area contributed by atoms with Crippen LogP contribution in [0.1, 0.15) is 30.4 Å². The summed E-state index contributed by atoms with van der Waals surface area (Å²) in [5.41, 5.74) is 1.96. The number of aromatic nitrogens is 3. The van der Waals surface area contributed by atoms with Gasteiger partial charge in [0.05, 0.1) is 6.54 Å². The summed E-state index contributed by atoms with van der Waals surface area (Å²) in [6.07, 6.45) is 4.64. The van der Waals surface area contributed by atoms with E-state index in [2.05, 4.69) is 15.3 Å². The predicted molar refractivity (Wildman–Crippen MR) is 110 cm³/mol. The molecule has 5 rings (SSSR count). The van der Waals surface area contributed by atoms with Gasteiger partial charge in [-0.1, -0.05) is 35.9 Å². The van der Waals surface area contributed by atoms with E-state index in [0.29, 0.717) is 23.4 Å². The van der Waals surface area contributed by atoms with Crippen molar-refractivity contribution in [2.75, 3.05) is 5.32 Å². The molecule has 0 amide bonds. The lowest BCUT2D eigenvalue weighted by Gasteiger charge is -2.14. The lowest BCUT2D eigenvalue weighted by molar-refractivity contribution is 0.618. The summed E-state index contributed by atoms with van der Waals surface area (Å²) >= 11 is 5.90. The number of fused-ring (bicyclic) bond motifs is 1. The Morgan fingerprint density at radius 2 is 1.93 bits per heavy atom. The fourth-order valence-electron chi connectivity index (χ4n) is 4.68. The van der Waals surface area contributed by atoms with E-state index in [4.69, 9.17) is 11.6 Å². The quantitative estimate of drug-likeness (QED) is 0.690. The van der Waals surface area contributed by atoms with E-state index in [1.165, 1.54) is 28.6 Å². The van der Waals surface area contributed by atoms with Gasteiger partial charge >= 0.3 is 5.69 Å². The lowest BCUT2D eigenvalue weighted by Crippen LogP contribution is -2.28.